The van der Waals surface area contributed by atoms with Gasteiger partial charge in [-0.2, -0.15) is 4.73 Å². The normalized spacial score (nSPS) is 10.5. The Bertz CT molecular complexity index is 998. The molecule has 27 heavy (non-hydrogen) atoms. The van der Waals surface area contributed by atoms with Crippen molar-refractivity contribution in [1.82, 2.24) is 4.90 Å². The minimum absolute atomic E-state index is 0.294. The first-order valence-electron chi connectivity index (χ1n) is 7.67. The summed E-state index contributed by atoms with van der Waals surface area (Å²) in [6.07, 6.45) is 3.78. The Morgan fingerprint density at radius 3 is 2.44 bits per heavy atom. The molecule has 9 heteroatoms. The first-order chi connectivity index (χ1) is 12.8. The first-order valence-corrected chi connectivity index (χ1v) is 8.05. The summed E-state index contributed by atoms with van der Waals surface area (Å²) in [5.74, 6) is -0.0503. The molecule has 0 fully saturated rings. The quantitative estimate of drug-likeness (QED) is 0.223. The van der Waals surface area contributed by atoms with Crippen molar-refractivity contribution in [1.29, 1.82) is 0 Å². The Hall–Kier alpha value is -3.39. The zero-order valence-electron chi connectivity index (χ0n) is 14.5. The fraction of sp³-hybridized carbons (Fsp3) is 0.111. The van der Waals surface area contributed by atoms with E-state index >= 15 is 0 Å². The Labute approximate surface area is 159 Å². The number of benzene rings is 1. The van der Waals surface area contributed by atoms with Crippen LogP contribution in [0.2, 0.25) is 5.02 Å². The van der Waals surface area contributed by atoms with Crippen molar-refractivity contribution in [3.05, 3.63) is 74.3 Å². The first kappa shape index (κ1) is 19.9. The molecule has 0 atom stereocenters. The molecule has 1 amide bonds. The summed E-state index contributed by atoms with van der Waals surface area (Å²) in [5, 5.41) is 24.1. The number of amides is 1. The van der Waals surface area contributed by atoms with Crippen molar-refractivity contribution < 1.29 is 18.9 Å². The van der Waals surface area contributed by atoms with E-state index in [4.69, 9.17) is 16.0 Å². The second kappa shape index (κ2) is 8.81. The average Bonchev–Trinajstić information content (AvgIpc) is 3.11. The summed E-state index contributed by atoms with van der Waals surface area (Å²) in [6, 6.07) is 11.1. The lowest BCUT2D eigenvalue weighted by Gasteiger charge is -2.04. The number of rotatable bonds is 4. The number of hydrogen-bond acceptors (Lipinski definition) is 5. The Kier molecular flexibility index (Phi) is 6.51. The van der Waals surface area contributed by atoms with Crippen LogP contribution in [0, 0.1) is 15.3 Å². The van der Waals surface area contributed by atoms with Crippen LogP contribution in [0.25, 0.3) is 23.1 Å². The van der Waals surface area contributed by atoms with Crippen LogP contribution < -0.4 is 4.73 Å². The Morgan fingerprint density at radius 1 is 1.15 bits per heavy atom. The van der Waals surface area contributed by atoms with Crippen molar-refractivity contribution in [3.63, 3.8) is 0 Å². The molecule has 0 aliphatic heterocycles. The highest BCUT2D eigenvalue weighted by atomic mass is 35.5. The number of nitrogens with zero attached hydrogens (tertiary/aromatic N) is 3. The van der Waals surface area contributed by atoms with E-state index in [1.54, 1.807) is 44.4 Å². The van der Waals surface area contributed by atoms with Gasteiger partial charge in [-0.3, -0.25) is 14.9 Å². The van der Waals surface area contributed by atoms with E-state index in [1.165, 1.54) is 29.2 Å². The average molecular weight is 390 g/mol. The molecule has 0 saturated carbocycles. The van der Waals surface area contributed by atoms with E-state index in [-0.39, 0.29) is 5.88 Å². The van der Waals surface area contributed by atoms with Crippen LogP contribution in [0.3, 0.4) is 0 Å². The van der Waals surface area contributed by atoms with E-state index in [9.17, 15) is 20.1 Å². The fourth-order valence-electron chi connectivity index (χ4n) is 2.05. The summed E-state index contributed by atoms with van der Waals surface area (Å²) in [5.41, 5.74) is 0.867. The molecule has 0 spiro atoms. The van der Waals surface area contributed by atoms with Crippen LogP contribution >= 0.6 is 11.6 Å². The molecule has 140 valence electrons. The third kappa shape index (κ3) is 5.29. The monoisotopic (exact) mass is 389 g/mol. The van der Waals surface area contributed by atoms with Crippen molar-refractivity contribution in [2.24, 2.45) is 0 Å². The van der Waals surface area contributed by atoms with Gasteiger partial charge in [0.25, 0.3) is 0 Å². The maximum absolute atomic E-state index is 12.3. The maximum atomic E-state index is 12.3. The van der Waals surface area contributed by atoms with Gasteiger partial charge in [-0.25, -0.2) is 0 Å². The zero-order chi connectivity index (χ0) is 20.0. The lowest BCUT2D eigenvalue weighted by Crippen LogP contribution is -2.30. The van der Waals surface area contributed by atoms with Crippen LogP contribution in [0.4, 0.5) is 5.88 Å². The van der Waals surface area contributed by atoms with Gasteiger partial charge in [0.2, 0.25) is 17.6 Å². The van der Waals surface area contributed by atoms with Crippen molar-refractivity contribution in [2.75, 3.05) is 14.1 Å². The summed E-state index contributed by atoms with van der Waals surface area (Å²) < 4.78 is 5.76. The van der Waals surface area contributed by atoms with Gasteiger partial charge in [0.05, 0.1) is 6.07 Å². The van der Waals surface area contributed by atoms with E-state index in [2.05, 4.69) is 0 Å². The van der Waals surface area contributed by atoms with Crippen LogP contribution in [0.1, 0.15) is 11.5 Å². The fourth-order valence-corrected chi connectivity index (χ4v) is 2.23. The van der Waals surface area contributed by atoms with Gasteiger partial charge in [0.1, 0.15) is 10.7 Å². The zero-order valence-corrected chi connectivity index (χ0v) is 15.3. The van der Waals surface area contributed by atoms with Crippen molar-refractivity contribution in [3.8, 4) is 0 Å². The van der Waals surface area contributed by atoms with Crippen LogP contribution in [0.15, 0.2) is 46.9 Å². The predicted molar refractivity (Wildman–Crippen MR) is 102 cm³/mol. The van der Waals surface area contributed by atoms with Gasteiger partial charge in [0.15, 0.2) is 0 Å². The summed E-state index contributed by atoms with van der Waals surface area (Å²) in [4.78, 5) is 20.8. The summed E-state index contributed by atoms with van der Waals surface area (Å²) in [7, 11) is 3.38. The van der Waals surface area contributed by atoms with E-state index < -0.39 is 4.92 Å². The van der Waals surface area contributed by atoms with Gasteiger partial charge in [0, 0.05) is 42.7 Å². The molecule has 3 rings (SSSR count). The lowest BCUT2D eigenvalue weighted by molar-refractivity contribution is -0.579. The van der Waals surface area contributed by atoms with Crippen LogP contribution in [-0.4, -0.2) is 30.3 Å². The molecule has 0 N–H and O–H groups in total. The smallest absolute Gasteiger partial charge is 0.433 e. The number of pyridine rings is 1. The summed E-state index contributed by atoms with van der Waals surface area (Å²) >= 11 is 5.89. The highest BCUT2D eigenvalue weighted by Crippen LogP contribution is 2.19. The molecular weight excluding hydrogens is 374 g/mol. The number of aromatic nitrogens is 1. The molecule has 2 aromatic heterocycles. The molecule has 1 aromatic carbocycles. The highest BCUT2D eigenvalue weighted by molar-refractivity contribution is 6.31. The van der Waals surface area contributed by atoms with E-state index in [1.807, 2.05) is 0 Å². The number of hydrogen-bond donors (Lipinski definition) is 0. The molecule has 0 aliphatic rings. The Morgan fingerprint density at radius 2 is 1.85 bits per heavy atom. The van der Waals surface area contributed by atoms with E-state index in [0.29, 0.717) is 22.0 Å². The van der Waals surface area contributed by atoms with Crippen molar-refractivity contribution in [2.45, 2.75) is 0 Å². The van der Waals surface area contributed by atoms with Gasteiger partial charge < -0.3 is 14.5 Å². The maximum Gasteiger partial charge on any atom is 0.433 e. The minimum atomic E-state index is -0.620. The van der Waals surface area contributed by atoms with Gasteiger partial charge in [-0.1, -0.05) is 11.6 Å². The number of fused-ring (bicyclic) bond motifs is 1. The molecule has 3 aromatic rings. The second-order valence-electron chi connectivity index (χ2n) is 5.59. The number of nitro groups is 1. The second-order valence-corrected chi connectivity index (χ2v) is 6.03. The lowest BCUT2D eigenvalue weighted by atomic mass is 10.2. The number of carbonyl (C=O) groups is 1. The van der Waals surface area contributed by atoms with Gasteiger partial charge in [-0.15, -0.1) is 0 Å². The van der Waals surface area contributed by atoms with Gasteiger partial charge in [-0.05, 0) is 30.3 Å². The molecule has 0 bridgehead atoms. The number of furan rings is 1. The molecule has 2 heterocycles. The molecule has 0 radical (unpaired) electrons. The standard InChI is InChI=1S/C15H9ClN2O4.C3H7NO/c16-11-2-7-14-10(9-11)1-3-12(17(14)19)4-5-13-6-8-15(22-13)18(20)21;1-4(2)3-5/h1-9H;3H,1-2H3/b5-4+;. The van der Waals surface area contributed by atoms with E-state index in [0.717, 1.165) is 16.5 Å². The third-order valence-corrected chi connectivity index (χ3v) is 3.53. The molecule has 0 unspecified atom stereocenters. The number of halogens is 1. The molecule has 0 aliphatic carbocycles. The molecular formula is C18H16ClN3O5. The minimum Gasteiger partial charge on any atom is -0.618 e. The van der Waals surface area contributed by atoms with Crippen LogP contribution in [0.5, 0.6) is 0 Å². The van der Waals surface area contributed by atoms with Gasteiger partial charge >= 0.3 is 5.88 Å². The molecule has 0 saturated heterocycles. The number of carbonyl (C=O) groups excluding carboxylic acids is 1. The highest BCUT2D eigenvalue weighted by Gasteiger charge is 2.11. The summed E-state index contributed by atoms with van der Waals surface area (Å²) in [6.45, 7) is 0. The largest absolute Gasteiger partial charge is 0.618 e. The van der Waals surface area contributed by atoms with Crippen molar-refractivity contribution >= 4 is 47.0 Å². The molecule has 8 nitrogen and oxygen atoms in total. The predicted octanol–water partition coefficient (Wildman–Crippen LogP) is 3.50. The SMILES string of the molecule is CN(C)C=O.O=[N+]([O-])c1ccc(/C=C/c2ccc3cc(Cl)ccc3[n+]2[O-])o1. The van der Waals surface area contributed by atoms with Crippen LogP contribution in [-0.2, 0) is 4.79 Å². The topological polar surface area (TPSA) is 104 Å². The third-order valence-electron chi connectivity index (χ3n) is 3.30. The Balaban J connectivity index is 0.000000465.